The Kier molecular flexibility index (Phi) is 4.75. The zero-order valence-electron chi connectivity index (χ0n) is 13.2. The summed E-state index contributed by atoms with van der Waals surface area (Å²) in [6.45, 7) is 1.10. The van der Waals surface area contributed by atoms with E-state index in [-0.39, 0.29) is 18.8 Å². The zero-order chi connectivity index (χ0) is 18.2. The van der Waals surface area contributed by atoms with Gasteiger partial charge in [0, 0.05) is 22.7 Å². The molecule has 25 heavy (non-hydrogen) atoms. The summed E-state index contributed by atoms with van der Waals surface area (Å²) >= 11 is 5.85. The molecule has 1 fully saturated rings. The van der Waals surface area contributed by atoms with E-state index in [4.69, 9.17) is 16.3 Å². The Bertz CT molecular complexity index is 774. The summed E-state index contributed by atoms with van der Waals surface area (Å²) in [6.07, 6.45) is -6.47. The zero-order valence-corrected chi connectivity index (χ0v) is 14.0. The van der Waals surface area contributed by atoms with E-state index in [1.54, 1.807) is 31.2 Å². The standard InChI is InChI=1S/C16H15ClF3N3O2/c1-9-13(10-2-4-11(17)5-3-10)21-22-14(9)15(24)23-6-7-25-12(8-23)16(18,19)20/h2-5,12H,6-8H2,1H3,(H,21,22)/t12-/m1/s1. The third kappa shape index (κ3) is 3.64. The van der Waals surface area contributed by atoms with Crippen LogP contribution in [0.4, 0.5) is 13.2 Å². The van der Waals surface area contributed by atoms with Gasteiger partial charge in [-0.15, -0.1) is 0 Å². The normalized spacial score (nSPS) is 18.4. The molecule has 134 valence electrons. The van der Waals surface area contributed by atoms with E-state index < -0.39 is 24.7 Å². The highest BCUT2D eigenvalue weighted by Gasteiger charge is 2.44. The molecule has 1 saturated heterocycles. The minimum Gasteiger partial charge on any atom is -0.365 e. The Hall–Kier alpha value is -2.06. The van der Waals surface area contributed by atoms with Crippen molar-refractivity contribution in [1.29, 1.82) is 0 Å². The van der Waals surface area contributed by atoms with E-state index in [9.17, 15) is 18.0 Å². The van der Waals surface area contributed by atoms with Crippen molar-refractivity contribution in [3.05, 3.63) is 40.5 Å². The molecule has 1 atom stereocenters. The van der Waals surface area contributed by atoms with Gasteiger partial charge in [0.25, 0.3) is 5.91 Å². The highest BCUT2D eigenvalue weighted by molar-refractivity contribution is 6.30. The summed E-state index contributed by atoms with van der Waals surface area (Å²) in [4.78, 5) is 13.7. The monoisotopic (exact) mass is 373 g/mol. The highest BCUT2D eigenvalue weighted by atomic mass is 35.5. The predicted molar refractivity (Wildman–Crippen MR) is 85.5 cm³/mol. The van der Waals surface area contributed by atoms with Gasteiger partial charge in [0.1, 0.15) is 5.69 Å². The van der Waals surface area contributed by atoms with Crippen LogP contribution < -0.4 is 0 Å². The number of aromatic amines is 1. The molecule has 2 aromatic rings. The lowest BCUT2D eigenvalue weighted by molar-refractivity contribution is -0.233. The fraction of sp³-hybridized carbons (Fsp3) is 0.375. The minimum atomic E-state index is -4.50. The van der Waals surface area contributed by atoms with Crippen molar-refractivity contribution >= 4 is 17.5 Å². The molecule has 5 nitrogen and oxygen atoms in total. The molecule has 1 N–H and O–H groups in total. The molecule has 3 rings (SSSR count). The summed E-state index contributed by atoms with van der Waals surface area (Å²) in [7, 11) is 0. The van der Waals surface area contributed by atoms with Crippen molar-refractivity contribution in [2.45, 2.75) is 19.2 Å². The number of carbonyl (C=O) groups is 1. The SMILES string of the molecule is Cc1c(-c2ccc(Cl)cc2)n[nH]c1C(=O)N1CCO[C@@H](C(F)(F)F)C1. The van der Waals surface area contributed by atoms with Gasteiger partial charge in [-0.2, -0.15) is 18.3 Å². The van der Waals surface area contributed by atoms with Gasteiger partial charge in [-0.3, -0.25) is 9.89 Å². The van der Waals surface area contributed by atoms with Crippen molar-refractivity contribution in [3.63, 3.8) is 0 Å². The van der Waals surface area contributed by atoms with Gasteiger partial charge in [-0.05, 0) is 19.1 Å². The Morgan fingerprint density at radius 3 is 2.68 bits per heavy atom. The average molecular weight is 374 g/mol. The number of aromatic nitrogens is 2. The van der Waals surface area contributed by atoms with Crippen LogP contribution in [0.25, 0.3) is 11.3 Å². The largest absolute Gasteiger partial charge is 0.416 e. The molecule has 1 aromatic carbocycles. The predicted octanol–water partition coefficient (Wildman–Crippen LogP) is 3.44. The highest BCUT2D eigenvalue weighted by Crippen LogP contribution is 2.28. The van der Waals surface area contributed by atoms with Crippen molar-refractivity contribution in [2.24, 2.45) is 0 Å². The van der Waals surface area contributed by atoms with E-state index in [1.165, 1.54) is 0 Å². The second-order valence-electron chi connectivity index (χ2n) is 5.73. The number of H-pyrrole nitrogens is 1. The number of hydrogen-bond acceptors (Lipinski definition) is 3. The summed E-state index contributed by atoms with van der Waals surface area (Å²) in [5, 5.41) is 7.34. The molecule has 9 heteroatoms. The summed E-state index contributed by atoms with van der Waals surface area (Å²) in [5.41, 5.74) is 2.06. The van der Waals surface area contributed by atoms with E-state index in [0.29, 0.717) is 16.3 Å². The summed E-state index contributed by atoms with van der Waals surface area (Å²) < 4.78 is 43.2. The lowest BCUT2D eigenvalue weighted by atomic mass is 10.1. The maximum absolute atomic E-state index is 12.8. The quantitative estimate of drug-likeness (QED) is 0.877. The van der Waals surface area contributed by atoms with E-state index >= 15 is 0 Å². The Balaban J connectivity index is 1.82. The lowest BCUT2D eigenvalue weighted by Crippen LogP contribution is -2.51. The van der Waals surface area contributed by atoms with Gasteiger partial charge < -0.3 is 9.64 Å². The Labute approximate surface area is 146 Å². The van der Waals surface area contributed by atoms with Crippen LogP contribution in [0.3, 0.4) is 0 Å². The average Bonchev–Trinajstić information content (AvgIpc) is 2.96. The van der Waals surface area contributed by atoms with Gasteiger partial charge in [0.2, 0.25) is 0 Å². The number of nitrogens with zero attached hydrogens (tertiary/aromatic N) is 2. The van der Waals surface area contributed by atoms with Crippen LogP contribution in [-0.4, -0.2) is 53.0 Å². The van der Waals surface area contributed by atoms with Crippen molar-refractivity contribution in [1.82, 2.24) is 15.1 Å². The van der Waals surface area contributed by atoms with Crippen LogP contribution in [0, 0.1) is 6.92 Å². The first-order valence-electron chi connectivity index (χ1n) is 7.56. The number of nitrogens with one attached hydrogen (secondary N) is 1. The number of morpholine rings is 1. The molecule has 1 amide bonds. The third-order valence-electron chi connectivity index (χ3n) is 4.06. The van der Waals surface area contributed by atoms with Crippen LogP contribution in [0.5, 0.6) is 0 Å². The third-order valence-corrected chi connectivity index (χ3v) is 4.31. The number of halogens is 4. The minimum absolute atomic E-state index is 0.0974. The van der Waals surface area contributed by atoms with Gasteiger partial charge in [-0.1, -0.05) is 23.7 Å². The second-order valence-corrected chi connectivity index (χ2v) is 6.17. The first-order chi connectivity index (χ1) is 11.8. The van der Waals surface area contributed by atoms with Crippen molar-refractivity contribution < 1.29 is 22.7 Å². The van der Waals surface area contributed by atoms with Crippen molar-refractivity contribution in [2.75, 3.05) is 19.7 Å². The molecule has 2 heterocycles. The van der Waals surface area contributed by atoms with Crippen LogP contribution >= 0.6 is 11.6 Å². The fourth-order valence-corrected chi connectivity index (χ4v) is 2.81. The van der Waals surface area contributed by atoms with Gasteiger partial charge in [0.05, 0.1) is 18.8 Å². The van der Waals surface area contributed by atoms with Gasteiger partial charge in [-0.25, -0.2) is 0 Å². The molecule has 1 aromatic heterocycles. The molecule has 0 radical (unpaired) electrons. The number of benzene rings is 1. The number of alkyl halides is 3. The van der Waals surface area contributed by atoms with Crippen LogP contribution in [-0.2, 0) is 4.74 Å². The second kappa shape index (κ2) is 6.68. The smallest absolute Gasteiger partial charge is 0.365 e. The Morgan fingerprint density at radius 2 is 2.04 bits per heavy atom. The molecule has 0 spiro atoms. The van der Waals surface area contributed by atoms with Gasteiger partial charge in [0.15, 0.2) is 6.10 Å². The van der Waals surface area contributed by atoms with E-state index in [2.05, 4.69) is 10.2 Å². The number of amides is 1. The van der Waals surface area contributed by atoms with Crippen molar-refractivity contribution in [3.8, 4) is 11.3 Å². The molecule has 0 saturated carbocycles. The first kappa shape index (κ1) is 17.8. The molecule has 1 aliphatic heterocycles. The number of carbonyl (C=O) groups excluding carboxylic acids is 1. The molecule has 0 unspecified atom stereocenters. The summed E-state index contributed by atoms with van der Waals surface area (Å²) in [5.74, 6) is -0.525. The molecule has 0 aliphatic carbocycles. The lowest BCUT2D eigenvalue weighted by Gasteiger charge is -2.33. The van der Waals surface area contributed by atoms with Gasteiger partial charge >= 0.3 is 6.18 Å². The fourth-order valence-electron chi connectivity index (χ4n) is 2.68. The van der Waals surface area contributed by atoms with Crippen LogP contribution in [0.2, 0.25) is 5.02 Å². The topological polar surface area (TPSA) is 58.2 Å². The maximum atomic E-state index is 12.8. The Morgan fingerprint density at radius 1 is 1.36 bits per heavy atom. The molecule has 1 aliphatic rings. The maximum Gasteiger partial charge on any atom is 0.416 e. The molecular weight excluding hydrogens is 359 g/mol. The summed E-state index contributed by atoms with van der Waals surface area (Å²) in [6, 6.07) is 6.91. The molecular formula is C16H15ClF3N3O2. The van der Waals surface area contributed by atoms with Crippen LogP contribution in [0.15, 0.2) is 24.3 Å². The number of ether oxygens (including phenoxy) is 1. The number of hydrogen-bond donors (Lipinski definition) is 1. The van der Waals surface area contributed by atoms with E-state index in [1.807, 2.05) is 0 Å². The first-order valence-corrected chi connectivity index (χ1v) is 7.93. The van der Waals surface area contributed by atoms with E-state index in [0.717, 1.165) is 10.5 Å². The van der Waals surface area contributed by atoms with Crippen LogP contribution in [0.1, 0.15) is 16.1 Å². The molecule has 0 bridgehead atoms. The number of rotatable bonds is 2.